The van der Waals surface area contributed by atoms with Crippen molar-refractivity contribution in [2.45, 2.75) is 45.3 Å². The van der Waals surface area contributed by atoms with Crippen molar-refractivity contribution in [3.63, 3.8) is 0 Å². The molecule has 1 aliphatic heterocycles. The smallest absolute Gasteiger partial charge is 0.333 e. The van der Waals surface area contributed by atoms with Gasteiger partial charge in [-0.1, -0.05) is 12.8 Å². The molecule has 2 aromatic heterocycles. The number of carbonyl (C=O) groups is 2. The zero-order chi connectivity index (χ0) is 20.4. The van der Waals surface area contributed by atoms with Gasteiger partial charge in [-0.15, -0.1) is 0 Å². The summed E-state index contributed by atoms with van der Waals surface area (Å²) in [7, 11) is 3.11. The minimum absolute atomic E-state index is 0.212. The normalized spacial score (nSPS) is 16.0. The van der Waals surface area contributed by atoms with Gasteiger partial charge in [-0.05, 0) is 19.8 Å². The molecule has 10 heteroatoms. The summed E-state index contributed by atoms with van der Waals surface area (Å²) in [6.07, 6.45) is 4.49. The number of fused-ring (bicyclic) bond motifs is 1. The van der Waals surface area contributed by atoms with Crippen LogP contribution in [0.1, 0.15) is 32.6 Å². The van der Waals surface area contributed by atoms with Gasteiger partial charge in [-0.2, -0.15) is 0 Å². The van der Waals surface area contributed by atoms with Gasteiger partial charge in [0.25, 0.3) is 11.5 Å². The topological polar surface area (TPSA) is 108 Å². The van der Waals surface area contributed by atoms with E-state index in [4.69, 9.17) is 4.74 Å². The molecule has 152 valence electrons. The summed E-state index contributed by atoms with van der Waals surface area (Å²) in [6, 6.07) is 0. The Morgan fingerprint density at radius 3 is 2.43 bits per heavy atom. The fraction of sp³-hybridized carbons (Fsp3) is 0.611. The SMILES string of the molecule is CC(OC(=O)Cn1c(=O)c2c(ncn2C)n(C)c1=O)C(=O)N1CCCCCC1. The first-order valence-electron chi connectivity index (χ1n) is 9.40. The van der Waals surface area contributed by atoms with Crippen molar-refractivity contribution in [1.29, 1.82) is 0 Å². The van der Waals surface area contributed by atoms with E-state index in [9.17, 15) is 19.2 Å². The monoisotopic (exact) mass is 391 g/mol. The number of aromatic nitrogens is 4. The first kappa shape index (κ1) is 19.8. The van der Waals surface area contributed by atoms with Crippen LogP contribution in [0.25, 0.3) is 11.2 Å². The quantitative estimate of drug-likeness (QED) is 0.666. The van der Waals surface area contributed by atoms with E-state index in [0.717, 1.165) is 30.3 Å². The number of hydrogen-bond acceptors (Lipinski definition) is 6. The lowest BCUT2D eigenvalue weighted by Crippen LogP contribution is -2.44. The van der Waals surface area contributed by atoms with Crippen molar-refractivity contribution in [2.24, 2.45) is 14.1 Å². The Balaban J connectivity index is 1.76. The van der Waals surface area contributed by atoms with E-state index < -0.39 is 29.9 Å². The second-order valence-electron chi connectivity index (χ2n) is 7.13. The molecule has 3 rings (SSSR count). The highest BCUT2D eigenvalue weighted by Gasteiger charge is 2.25. The van der Waals surface area contributed by atoms with Gasteiger partial charge in [0.05, 0.1) is 6.33 Å². The molecule has 0 aliphatic carbocycles. The Morgan fingerprint density at radius 2 is 1.79 bits per heavy atom. The van der Waals surface area contributed by atoms with Crippen LogP contribution in [0, 0.1) is 0 Å². The van der Waals surface area contributed by atoms with Crippen LogP contribution >= 0.6 is 0 Å². The molecule has 1 saturated heterocycles. The molecule has 10 nitrogen and oxygen atoms in total. The van der Waals surface area contributed by atoms with Gasteiger partial charge >= 0.3 is 11.7 Å². The molecule has 2 aromatic rings. The molecular weight excluding hydrogens is 366 g/mol. The Labute approximate surface area is 161 Å². The highest BCUT2D eigenvalue weighted by molar-refractivity contribution is 5.83. The third-order valence-corrected chi connectivity index (χ3v) is 5.06. The van der Waals surface area contributed by atoms with Crippen LogP contribution in [-0.4, -0.2) is 54.7 Å². The zero-order valence-corrected chi connectivity index (χ0v) is 16.4. The van der Waals surface area contributed by atoms with Gasteiger partial charge in [0.1, 0.15) is 6.54 Å². The number of aryl methyl sites for hydroxylation is 2. The number of carbonyl (C=O) groups excluding carboxylic acids is 2. The van der Waals surface area contributed by atoms with Gasteiger partial charge < -0.3 is 14.2 Å². The van der Waals surface area contributed by atoms with Crippen molar-refractivity contribution in [1.82, 2.24) is 23.6 Å². The number of amides is 1. The van der Waals surface area contributed by atoms with Crippen molar-refractivity contribution < 1.29 is 14.3 Å². The predicted molar refractivity (Wildman–Crippen MR) is 101 cm³/mol. The third kappa shape index (κ3) is 3.71. The average Bonchev–Trinajstić information content (AvgIpc) is 2.87. The standard InChI is InChI=1S/C18H25N5O5/c1-12(16(25)22-8-6-4-5-7-9-22)28-13(24)10-23-17(26)14-15(19-11-20(14)2)21(3)18(23)27/h11-12H,4-10H2,1-3H3. The third-order valence-electron chi connectivity index (χ3n) is 5.06. The lowest BCUT2D eigenvalue weighted by atomic mass is 10.2. The van der Waals surface area contributed by atoms with E-state index in [1.165, 1.54) is 29.4 Å². The van der Waals surface area contributed by atoms with Crippen molar-refractivity contribution in [2.75, 3.05) is 13.1 Å². The van der Waals surface area contributed by atoms with Crippen molar-refractivity contribution in [3.05, 3.63) is 27.2 Å². The number of imidazole rings is 1. The van der Waals surface area contributed by atoms with Gasteiger partial charge in [-0.3, -0.25) is 19.0 Å². The highest BCUT2D eigenvalue weighted by atomic mass is 16.5. The Kier molecular flexibility index (Phi) is 5.66. The lowest BCUT2D eigenvalue weighted by Gasteiger charge is -2.24. The minimum atomic E-state index is -0.967. The summed E-state index contributed by atoms with van der Waals surface area (Å²) < 4.78 is 8.72. The lowest BCUT2D eigenvalue weighted by molar-refractivity contribution is -0.159. The molecule has 0 spiro atoms. The van der Waals surface area contributed by atoms with Gasteiger partial charge in [0.2, 0.25) is 0 Å². The Bertz CT molecular complexity index is 1010. The highest BCUT2D eigenvalue weighted by Crippen LogP contribution is 2.12. The van der Waals surface area contributed by atoms with E-state index >= 15 is 0 Å². The Hall–Kier alpha value is -2.91. The maximum Gasteiger partial charge on any atom is 0.333 e. The minimum Gasteiger partial charge on any atom is -0.451 e. The molecule has 0 aromatic carbocycles. The fourth-order valence-corrected chi connectivity index (χ4v) is 3.50. The second-order valence-corrected chi connectivity index (χ2v) is 7.13. The number of esters is 1. The summed E-state index contributed by atoms with van der Waals surface area (Å²) in [5, 5.41) is 0. The molecule has 0 bridgehead atoms. The first-order chi connectivity index (χ1) is 13.3. The summed E-state index contributed by atoms with van der Waals surface area (Å²) in [5.74, 6) is -1.06. The van der Waals surface area contributed by atoms with Gasteiger partial charge in [-0.25, -0.2) is 14.3 Å². The number of nitrogens with zero attached hydrogens (tertiary/aromatic N) is 5. The second kappa shape index (κ2) is 7.99. The molecule has 0 radical (unpaired) electrons. The van der Waals surface area contributed by atoms with E-state index in [1.54, 1.807) is 11.9 Å². The van der Waals surface area contributed by atoms with E-state index in [1.807, 2.05) is 0 Å². The van der Waals surface area contributed by atoms with Crippen LogP contribution in [-0.2, 0) is 35.0 Å². The van der Waals surface area contributed by atoms with Gasteiger partial charge in [0, 0.05) is 27.2 Å². The molecule has 1 fully saturated rings. The number of hydrogen-bond donors (Lipinski definition) is 0. The molecule has 1 unspecified atom stereocenters. The summed E-state index contributed by atoms with van der Waals surface area (Å²) in [6.45, 7) is 2.25. The molecule has 1 aliphatic rings. The maximum absolute atomic E-state index is 12.6. The summed E-state index contributed by atoms with van der Waals surface area (Å²) in [4.78, 5) is 55.7. The summed E-state index contributed by atoms with van der Waals surface area (Å²) >= 11 is 0. The van der Waals surface area contributed by atoms with Crippen molar-refractivity contribution >= 4 is 23.0 Å². The molecular formula is C18H25N5O5. The molecule has 1 amide bonds. The average molecular weight is 391 g/mol. The van der Waals surface area contributed by atoms with Crippen LogP contribution in [0.4, 0.5) is 0 Å². The zero-order valence-electron chi connectivity index (χ0n) is 16.4. The van der Waals surface area contributed by atoms with Crippen LogP contribution in [0.5, 0.6) is 0 Å². The van der Waals surface area contributed by atoms with Crippen LogP contribution in [0.15, 0.2) is 15.9 Å². The van der Waals surface area contributed by atoms with E-state index in [-0.39, 0.29) is 17.1 Å². The maximum atomic E-state index is 12.6. The van der Waals surface area contributed by atoms with Crippen molar-refractivity contribution in [3.8, 4) is 0 Å². The fourth-order valence-electron chi connectivity index (χ4n) is 3.50. The molecule has 0 saturated carbocycles. The van der Waals surface area contributed by atoms with Crippen LogP contribution in [0.3, 0.4) is 0 Å². The van der Waals surface area contributed by atoms with E-state index in [2.05, 4.69) is 4.98 Å². The first-order valence-corrected chi connectivity index (χ1v) is 9.40. The molecule has 28 heavy (non-hydrogen) atoms. The summed E-state index contributed by atoms with van der Waals surface area (Å²) in [5.41, 5.74) is -0.836. The molecule has 3 heterocycles. The largest absolute Gasteiger partial charge is 0.451 e. The van der Waals surface area contributed by atoms with Gasteiger partial charge in [0.15, 0.2) is 17.3 Å². The predicted octanol–water partition coefficient (Wildman–Crippen LogP) is -0.232. The number of ether oxygens (including phenoxy) is 1. The van der Waals surface area contributed by atoms with E-state index in [0.29, 0.717) is 13.1 Å². The number of likely N-dealkylation sites (tertiary alicyclic amines) is 1. The molecule has 1 atom stereocenters. The van der Waals surface area contributed by atoms with Crippen LogP contribution in [0.2, 0.25) is 0 Å². The Morgan fingerprint density at radius 1 is 1.14 bits per heavy atom. The number of rotatable bonds is 4. The molecule has 0 N–H and O–H groups in total. The van der Waals surface area contributed by atoms with Crippen LogP contribution < -0.4 is 11.2 Å².